The Labute approximate surface area is 148 Å². The molecule has 25 heavy (non-hydrogen) atoms. The first-order chi connectivity index (χ1) is 11.6. The zero-order valence-corrected chi connectivity index (χ0v) is 15.7. The van der Waals surface area contributed by atoms with E-state index in [0.29, 0.717) is 29.0 Å². The van der Waals surface area contributed by atoms with Crippen LogP contribution in [-0.4, -0.2) is 23.0 Å². The normalized spacial score (nSPS) is 12.7. The van der Waals surface area contributed by atoms with Gasteiger partial charge in [0.05, 0.1) is 5.69 Å². The third kappa shape index (κ3) is 4.16. The van der Waals surface area contributed by atoms with E-state index >= 15 is 0 Å². The number of esters is 1. The molecule has 0 N–H and O–H groups in total. The fourth-order valence-electron chi connectivity index (χ4n) is 2.56. The molecule has 1 aromatic heterocycles. The van der Waals surface area contributed by atoms with Gasteiger partial charge in [-0.3, -0.25) is 4.79 Å². The Bertz CT molecular complexity index is 766. The van der Waals surface area contributed by atoms with Crippen LogP contribution >= 0.6 is 0 Å². The Morgan fingerprint density at radius 3 is 2.32 bits per heavy atom. The summed E-state index contributed by atoms with van der Waals surface area (Å²) in [4.78, 5) is 24.9. The molecule has 0 aliphatic heterocycles. The van der Waals surface area contributed by atoms with E-state index in [1.165, 1.54) is 0 Å². The first-order valence-corrected chi connectivity index (χ1v) is 8.46. The van der Waals surface area contributed by atoms with Gasteiger partial charge in [-0.05, 0) is 31.2 Å². The Kier molecular flexibility index (Phi) is 5.45. The van der Waals surface area contributed by atoms with Gasteiger partial charge < -0.3 is 9.26 Å². The number of aromatic nitrogens is 1. The number of hydrogen-bond donors (Lipinski definition) is 0. The zero-order chi connectivity index (χ0) is 18.8. The van der Waals surface area contributed by atoms with Crippen molar-refractivity contribution in [1.29, 1.82) is 0 Å². The van der Waals surface area contributed by atoms with Crippen molar-refractivity contribution >= 4 is 11.8 Å². The van der Waals surface area contributed by atoms with Gasteiger partial charge in [-0.15, -0.1) is 0 Å². The van der Waals surface area contributed by atoms with Crippen LogP contribution in [0.4, 0.5) is 0 Å². The monoisotopic (exact) mass is 343 g/mol. The molecule has 2 rings (SSSR count). The Balaban J connectivity index is 2.12. The smallest absolute Gasteiger partial charge is 0.344 e. The van der Waals surface area contributed by atoms with Gasteiger partial charge in [-0.25, -0.2) is 4.79 Å². The third-order valence-corrected chi connectivity index (χ3v) is 4.16. The molecule has 0 amide bonds. The first kappa shape index (κ1) is 18.9. The van der Waals surface area contributed by atoms with Crippen LogP contribution in [0.25, 0.3) is 0 Å². The van der Waals surface area contributed by atoms with Crippen molar-refractivity contribution in [3.8, 4) is 0 Å². The zero-order valence-electron chi connectivity index (χ0n) is 15.7. The van der Waals surface area contributed by atoms with Gasteiger partial charge >= 0.3 is 5.97 Å². The Hall–Kier alpha value is -2.43. The first-order valence-electron chi connectivity index (χ1n) is 8.46. The maximum atomic E-state index is 12.5. The summed E-state index contributed by atoms with van der Waals surface area (Å²) in [6.45, 7) is 11.4. The van der Waals surface area contributed by atoms with Gasteiger partial charge in [0.15, 0.2) is 6.10 Å². The minimum atomic E-state index is -0.882. The van der Waals surface area contributed by atoms with Gasteiger partial charge in [-0.1, -0.05) is 57.1 Å². The number of ether oxygens (including phenoxy) is 1. The third-order valence-electron chi connectivity index (χ3n) is 4.16. The van der Waals surface area contributed by atoms with Crippen LogP contribution in [0, 0.1) is 6.92 Å². The molecule has 2 aromatic rings. The number of Topliss-reactive ketones (excluding diaryl/α,β-unsaturated/α-hetero) is 1. The van der Waals surface area contributed by atoms with E-state index in [2.05, 4.69) is 25.9 Å². The highest BCUT2D eigenvalue weighted by Gasteiger charge is 2.26. The molecule has 0 saturated carbocycles. The number of nitrogens with zero attached hydrogens (tertiary/aromatic N) is 1. The predicted octanol–water partition coefficient (Wildman–Crippen LogP) is 4.27. The number of hydrogen-bond acceptors (Lipinski definition) is 5. The van der Waals surface area contributed by atoms with Crippen molar-refractivity contribution in [3.63, 3.8) is 0 Å². The van der Waals surface area contributed by atoms with Crippen molar-refractivity contribution in [1.82, 2.24) is 5.16 Å². The maximum absolute atomic E-state index is 12.5. The quantitative estimate of drug-likeness (QED) is 0.599. The molecular formula is C20H25NO4. The van der Waals surface area contributed by atoms with E-state index in [0.717, 1.165) is 5.56 Å². The van der Waals surface area contributed by atoms with Gasteiger partial charge in [0.25, 0.3) is 0 Å². The SMILES string of the molecule is CCc1noc(C)c1C(=O)OC(C)C(=O)c1ccc(C(C)(C)C)cc1. The Morgan fingerprint density at radius 2 is 1.80 bits per heavy atom. The highest BCUT2D eigenvalue weighted by atomic mass is 16.5. The molecule has 0 spiro atoms. The van der Waals surface area contributed by atoms with Gasteiger partial charge in [-0.2, -0.15) is 0 Å². The minimum absolute atomic E-state index is 0.0159. The molecule has 1 aromatic carbocycles. The average Bonchev–Trinajstić information content (AvgIpc) is 2.94. The van der Waals surface area contributed by atoms with Gasteiger partial charge in [0.2, 0.25) is 5.78 Å². The summed E-state index contributed by atoms with van der Waals surface area (Å²) < 4.78 is 10.4. The van der Waals surface area contributed by atoms with Crippen LogP contribution in [0.3, 0.4) is 0 Å². The van der Waals surface area contributed by atoms with Gasteiger partial charge in [0.1, 0.15) is 11.3 Å². The molecule has 0 fully saturated rings. The summed E-state index contributed by atoms with van der Waals surface area (Å²) in [5.74, 6) is -0.417. The van der Waals surface area contributed by atoms with E-state index < -0.39 is 12.1 Å². The number of aryl methyl sites for hydroxylation is 2. The highest BCUT2D eigenvalue weighted by molar-refractivity contribution is 6.01. The van der Waals surface area contributed by atoms with Crippen molar-refractivity contribution in [2.75, 3.05) is 0 Å². The van der Waals surface area contributed by atoms with E-state index in [9.17, 15) is 9.59 Å². The molecule has 0 saturated heterocycles. The summed E-state index contributed by atoms with van der Waals surface area (Å²) in [5.41, 5.74) is 2.52. The number of rotatable bonds is 5. The highest BCUT2D eigenvalue weighted by Crippen LogP contribution is 2.23. The lowest BCUT2D eigenvalue weighted by atomic mass is 9.86. The van der Waals surface area contributed by atoms with Crippen LogP contribution in [0.15, 0.2) is 28.8 Å². The fraction of sp³-hybridized carbons (Fsp3) is 0.450. The summed E-state index contributed by atoms with van der Waals surface area (Å²) >= 11 is 0. The summed E-state index contributed by atoms with van der Waals surface area (Å²) in [7, 11) is 0. The topological polar surface area (TPSA) is 69.4 Å². The lowest BCUT2D eigenvalue weighted by Gasteiger charge is -2.19. The van der Waals surface area contributed by atoms with Crippen LogP contribution < -0.4 is 0 Å². The van der Waals surface area contributed by atoms with Crippen molar-refractivity contribution in [3.05, 3.63) is 52.4 Å². The summed E-state index contributed by atoms with van der Waals surface area (Å²) in [6, 6.07) is 7.41. The largest absolute Gasteiger partial charge is 0.451 e. The van der Waals surface area contributed by atoms with Gasteiger partial charge in [0, 0.05) is 5.56 Å². The van der Waals surface area contributed by atoms with Crippen molar-refractivity contribution < 1.29 is 18.8 Å². The number of ketones is 1. The second-order valence-corrected chi connectivity index (χ2v) is 7.15. The van der Waals surface area contributed by atoms with Crippen LogP contribution in [0.1, 0.15) is 72.4 Å². The molecule has 0 aliphatic rings. The van der Waals surface area contributed by atoms with E-state index in [1.54, 1.807) is 26.0 Å². The van der Waals surface area contributed by atoms with Crippen LogP contribution in [0.2, 0.25) is 0 Å². The molecule has 1 atom stereocenters. The van der Waals surface area contributed by atoms with Crippen LogP contribution in [-0.2, 0) is 16.6 Å². The molecule has 0 radical (unpaired) electrons. The second-order valence-electron chi connectivity index (χ2n) is 7.15. The van der Waals surface area contributed by atoms with E-state index in [-0.39, 0.29) is 11.2 Å². The lowest BCUT2D eigenvalue weighted by molar-refractivity contribution is 0.0316. The second kappa shape index (κ2) is 7.21. The lowest BCUT2D eigenvalue weighted by Crippen LogP contribution is -2.25. The molecule has 1 heterocycles. The summed E-state index contributed by atoms with van der Waals surface area (Å²) in [5, 5.41) is 3.84. The van der Waals surface area contributed by atoms with Crippen molar-refractivity contribution in [2.24, 2.45) is 0 Å². The molecule has 0 bridgehead atoms. The Morgan fingerprint density at radius 1 is 1.20 bits per heavy atom. The number of carbonyl (C=O) groups excluding carboxylic acids is 2. The van der Waals surface area contributed by atoms with Crippen molar-refractivity contribution in [2.45, 2.75) is 59.5 Å². The molecule has 5 nitrogen and oxygen atoms in total. The molecule has 1 unspecified atom stereocenters. The van der Waals surface area contributed by atoms with E-state index in [4.69, 9.17) is 9.26 Å². The number of carbonyl (C=O) groups is 2. The average molecular weight is 343 g/mol. The molecule has 134 valence electrons. The van der Waals surface area contributed by atoms with Crippen LogP contribution in [0.5, 0.6) is 0 Å². The molecular weight excluding hydrogens is 318 g/mol. The minimum Gasteiger partial charge on any atom is -0.451 e. The van der Waals surface area contributed by atoms with E-state index in [1.807, 2.05) is 19.1 Å². The standard InChI is InChI=1S/C20H25NO4/c1-7-16-17(12(2)25-21-16)19(23)24-13(3)18(22)14-8-10-15(11-9-14)20(4,5)6/h8-11,13H,7H2,1-6H3. The molecule has 5 heteroatoms. The predicted molar refractivity (Wildman–Crippen MR) is 95.0 cm³/mol. The fourth-order valence-corrected chi connectivity index (χ4v) is 2.56. The molecule has 0 aliphatic carbocycles. The number of benzene rings is 1. The summed E-state index contributed by atoms with van der Waals surface area (Å²) in [6.07, 6.45) is -0.328. The maximum Gasteiger partial charge on any atom is 0.344 e.